The molecular weight excluding hydrogens is 639 g/mol. The van der Waals surface area contributed by atoms with Crippen molar-refractivity contribution in [3.63, 3.8) is 0 Å². The van der Waals surface area contributed by atoms with Crippen molar-refractivity contribution < 1.29 is 33.9 Å². The third kappa shape index (κ3) is 7.63. The van der Waals surface area contributed by atoms with Crippen LogP contribution in [0.4, 0.5) is 5.13 Å². The minimum absolute atomic E-state index is 0.0521. The molecule has 3 atom stereocenters. The summed E-state index contributed by atoms with van der Waals surface area (Å²) >= 11 is 3.35. The van der Waals surface area contributed by atoms with Crippen molar-refractivity contribution in [3.05, 3.63) is 17.1 Å². The average molecular weight is 670 g/mol. The van der Waals surface area contributed by atoms with Gasteiger partial charge in [-0.1, -0.05) is 30.3 Å². The molecule has 44 heavy (non-hydrogen) atoms. The molecule has 0 aromatic carbocycles. The number of carboxylic acid groups (broad SMARTS) is 1. The Bertz CT molecular complexity index is 1450. The highest BCUT2D eigenvalue weighted by molar-refractivity contribution is 8.01. The maximum atomic E-state index is 13.3. The summed E-state index contributed by atoms with van der Waals surface area (Å²) in [4.78, 5) is 61.3. The first-order valence-electron chi connectivity index (χ1n) is 13.5. The zero-order valence-electron chi connectivity index (χ0n) is 23.7. The van der Waals surface area contributed by atoms with Crippen molar-refractivity contribution in [2.45, 2.75) is 62.3 Å². The number of esters is 1. The summed E-state index contributed by atoms with van der Waals surface area (Å²) in [6.07, 6.45) is 1.03. The number of thioether (sulfide) groups is 2. The molecule has 1 saturated heterocycles. The second-order valence-electron chi connectivity index (χ2n) is 9.40. The van der Waals surface area contributed by atoms with Gasteiger partial charge >= 0.3 is 11.9 Å². The number of aliphatic carboxylic acids is 1. The number of ether oxygens (including phenoxy) is 1. The van der Waals surface area contributed by atoms with Gasteiger partial charge in [0.1, 0.15) is 17.1 Å². The van der Waals surface area contributed by atoms with E-state index in [4.69, 9.17) is 21.0 Å². The molecule has 3 unspecified atom stereocenters. The van der Waals surface area contributed by atoms with E-state index in [1.54, 1.807) is 4.68 Å². The SMILES string of the molecule is CCCCOC(=O)C(C)O/N=C(/C(=O)NC1C(=O)N2C(C(=O)O)=C(CSc3nnnn3CCCN)CSC12)c1nsc(N)n1. The minimum Gasteiger partial charge on any atom is -0.477 e. The van der Waals surface area contributed by atoms with Gasteiger partial charge in [-0.25, -0.2) is 14.3 Å². The molecule has 18 nitrogen and oxygen atoms in total. The Labute approximate surface area is 263 Å². The molecular formula is C23H31N11O7S3. The van der Waals surface area contributed by atoms with E-state index < -0.39 is 47.0 Å². The van der Waals surface area contributed by atoms with Crippen LogP contribution < -0.4 is 16.8 Å². The second-order valence-corrected chi connectivity index (χ2v) is 12.2. The first-order valence-corrected chi connectivity index (χ1v) is 16.3. The molecule has 4 rings (SSSR count). The fraction of sp³-hybridized carbons (Fsp3) is 0.565. The minimum atomic E-state index is -1.27. The smallest absolute Gasteiger partial charge is 0.352 e. The number of β-lactam (4-membered cyclic amide) rings is 1. The lowest BCUT2D eigenvalue weighted by molar-refractivity contribution is -0.156. The molecule has 0 bridgehead atoms. The van der Waals surface area contributed by atoms with Gasteiger partial charge in [0.05, 0.1) is 6.61 Å². The van der Waals surface area contributed by atoms with Crippen LogP contribution in [0.3, 0.4) is 0 Å². The number of anilines is 1. The zero-order valence-corrected chi connectivity index (χ0v) is 26.2. The summed E-state index contributed by atoms with van der Waals surface area (Å²) in [6, 6.07) is -1.07. The molecule has 0 spiro atoms. The largest absolute Gasteiger partial charge is 0.477 e. The number of carbonyl (C=O) groups excluding carboxylic acids is 3. The Morgan fingerprint density at radius 3 is 2.80 bits per heavy atom. The Hall–Kier alpha value is -3.82. The van der Waals surface area contributed by atoms with Gasteiger partial charge in [-0.2, -0.15) is 9.36 Å². The molecule has 6 N–H and O–H groups in total. The monoisotopic (exact) mass is 669 g/mol. The van der Waals surface area contributed by atoms with Crippen molar-refractivity contribution in [1.29, 1.82) is 0 Å². The number of nitrogens with two attached hydrogens (primary N) is 2. The van der Waals surface area contributed by atoms with Crippen LogP contribution in [0.1, 0.15) is 38.9 Å². The number of nitrogens with one attached hydrogen (secondary N) is 1. The maximum absolute atomic E-state index is 13.3. The van der Waals surface area contributed by atoms with E-state index in [2.05, 4.69) is 35.4 Å². The number of tetrazole rings is 1. The van der Waals surface area contributed by atoms with E-state index in [9.17, 15) is 24.3 Å². The van der Waals surface area contributed by atoms with Crippen LogP contribution in [0, 0.1) is 0 Å². The Kier molecular flexibility index (Phi) is 11.5. The van der Waals surface area contributed by atoms with Crippen LogP contribution >= 0.6 is 35.1 Å². The molecule has 1 fully saturated rings. The zero-order chi connectivity index (χ0) is 31.8. The third-order valence-electron chi connectivity index (χ3n) is 6.23. The van der Waals surface area contributed by atoms with Gasteiger partial charge in [0.2, 0.25) is 22.8 Å². The van der Waals surface area contributed by atoms with Gasteiger partial charge in [-0.05, 0) is 42.3 Å². The number of fused-ring (bicyclic) bond motifs is 1. The molecule has 2 aliphatic rings. The van der Waals surface area contributed by atoms with Crippen LogP contribution in [-0.2, 0) is 35.3 Å². The van der Waals surface area contributed by atoms with Crippen molar-refractivity contribution >= 4 is 69.7 Å². The highest BCUT2D eigenvalue weighted by atomic mass is 32.2. The van der Waals surface area contributed by atoms with Gasteiger partial charge in [0.25, 0.3) is 11.8 Å². The van der Waals surface area contributed by atoms with Crippen LogP contribution in [0.2, 0.25) is 0 Å². The molecule has 21 heteroatoms. The summed E-state index contributed by atoms with van der Waals surface area (Å²) < 4.78 is 10.7. The summed E-state index contributed by atoms with van der Waals surface area (Å²) in [5, 5.41) is 27.8. The van der Waals surface area contributed by atoms with E-state index in [0.29, 0.717) is 36.7 Å². The van der Waals surface area contributed by atoms with Crippen molar-refractivity contribution in [3.8, 4) is 0 Å². The van der Waals surface area contributed by atoms with Crippen molar-refractivity contribution in [2.24, 2.45) is 10.9 Å². The van der Waals surface area contributed by atoms with Gasteiger partial charge < -0.3 is 31.5 Å². The normalized spacial score (nSPS) is 18.8. The van der Waals surface area contributed by atoms with E-state index in [-0.39, 0.29) is 34.8 Å². The summed E-state index contributed by atoms with van der Waals surface area (Å²) in [7, 11) is 0. The lowest BCUT2D eigenvalue weighted by atomic mass is 10.0. The fourth-order valence-electron chi connectivity index (χ4n) is 3.96. The number of rotatable bonds is 16. The van der Waals surface area contributed by atoms with Crippen molar-refractivity contribution in [1.82, 2.24) is 39.8 Å². The maximum Gasteiger partial charge on any atom is 0.352 e. The van der Waals surface area contributed by atoms with Crippen LogP contribution in [0.25, 0.3) is 0 Å². The van der Waals surface area contributed by atoms with Gasteiger partial charge in [0.15, 0.2) is 5.13 Å². The third-order valence-corrected chi connectivity index (χ3v) is 9.16. The Morgan fingerprint density at radius 2 is 2.11 bits per heavy atom. The number of aromatic nitrogens is 6. The number of aryl methyl sites for hydroxylation is 1. The topological polar surface area (TPSA) is 256 Å². The number of amides is 2. The Balaban J connectivity index is 1.45. The number of carbonyl (C=O) groups is 4. The summed E-state index contributed by atoms with van der Waals surface area (Å²) in [5.41, 5.74) is 11.2. The molecule has 2 aliphatic heterocycles. The van der Waals surface area contributed by atoms with E-state index >= 15 is 0 Å². The standard InChI is InChI=1S/C23H31N11O7S3/c1-3-4-8-40-21(39)11(2)41-29-13(16-27-22(25)44-30-16)17(35)26-14-18(36)34-15(20(37)38)12(9-42-19(14)34)10-43-23-28-31-32-33(23)7-5-6-24/h11,14,19H,3-10,24H2,1-2H3,(H,26,35)(H,37,38)(H2,25,27,30)/b29-13+. The Morgan fingerprint density at radius 1 is 1.32 bits per heavy atom. The van der Waals surface area contributed by atoms with E-state index in [1.165, 1.54) is 30.4 Å². The molecule has 0 aliphatic carbocycles. The van der Waals surface area contributed by atoms with Gasteiger partial charge in [0, 0.05) is 29.6 Å². The predicted octanol–water partition coefficient (Wildman–Crippen LogP) is -0.561. The number of unbranched alkanes of at least 4 members (excludes halogenated alkanes) is 1. The molecule has 4 heterocycles. The number of nitrogens with zero attached hydrogens (tertiary/aromatic N) is 8. The number of hydrogen-bond acceptors (Lipinski definition) is 17. The lowest BCUT2D eigenvalue weighted by Crippen LogP contribution is -2.71. The molecule has 2 aromatic heterocycles. The van der Waals surface area contributed by atoms with Crippen LogP contribution in [-0.4, -0.2) is 111 Å². The number of hydrogen-bond donors (Lipinski definition) is 4. The second kappa shape index (κ2) is 15.3. The first kappa shape index (κ1) is 33.1. The molecule has 0 radical (unpaired) electrons. The number of carboxylic acids is 1. The summed E-state index contributed by atoms with van der Waals surface area (Å²) in [5.74, 6) is -3.10. The summed E-state index contributed by atoms with van der Waals surface area (Å²) in [6.45, 7) is 4.54. The fourth-order valence-corrected chi connectivity index (χ4v) is 6.78. The number of nitrogen functional groups attached to an aromatic ring is 1. The molecule has 2 amide bonds. The highest BCUT2D eigenvalue weighted by Gasteiger charge is 2.54. The molecule has 0 saturated carbocycles. The highest BCUT2D eigenvalue weighted by Crippen LogP contribution is 2.41. The van der Waals surface area contributed by atoms with Gasteiger partial charge in [-0.3, -0.25) is 14.5 Å². The van der Waals surface area contributed by atoms with Crippen LogP contribution in [0.15, 0.2) is 21.6 Å². The van der Waals surface area contributed by atoms with Crippen molar-refractivity contribution in [2.75, 3.05) is 30.4 Å². The van der Waals surface area contributed by atoms with Gasteiger partial charge in [-0.15, -0.1) is 16.9 Å². The van der Waals surface area contributed by atoms with E-state index in [0.717, 1.165) is 22.9 Å². The average Bonchev–Trinajstić information content (AvgIpc) is 3.65. The van der Waals surface area contributed by atoms with Crippen LogP contribution in [0.5, 0.6) is 0 Å². The molecule has 2 aromatic rings. The number of oxime groups is 1. The van der Waals surface area contributed by atoms with E-state index in [1.807, 2.05) is 6.92 Å². The first-order chi connectivity index (χ1) is 21.2. The predicted molar refractivity (Wildman–Crippen MR) is 159 cm³/mol. The molecule has 238 valence electrons. The lowest BCUT2D eigenvalue weighted by Gasteiger charge is -2.49. The quantitative estimate of drug-likeness (QED) is 0.0436.